The molecule has 0 bridgehead atoms. The van der Waals surface area contributed by atoms with E-state index in [9.17, 15) is 22.8 Å². The molecule has 130 valence electrons. The predicted molar refractivity (Wildman–Crippen MR) is 79.0 cm³/mol. The van der Waals surface area contributed by atoms with Crippen molar-refractivity contribution in [2.75, 3.05) is 6.61 Å². The van der Waals surface area contributed by atoms with Crippen molar-refractivity contribution in [3.63, 3.8) is 0 Å². The first kappa shape index (κ1) is 17.8. The van der Waals surface area contributed by atoms with Crippen molar-refractivity contribution in [3.05, 3.63) is 35.9 Å². The van der Waals surface area contributed by atoms with Gasteiger partial charge in [0.2, 0.25) is 0 Å². The standard InChI is InChI=1S/C16H16F3NO4/c1-10(2)13-9-23-15(22)20(13)14(21)8-5-11-3-6-12(7-4-11)24-16(17,18)19/h3-8,10,13H,9H2,1-2H3/b8-5+. The first-order chi connectivity index (χ1) is 11.2. The van der Waals surface area contributed by atoms with E-state index in [1.807, 2.05) is 13.8 Å². The fourth-order valence-electron chi connectivity index (χ4n) is 2.21. The Bertz CT molecular complexity index is 638. The Morgan fingerprint density at radius 3 is 2.50 bits per heavy atom. The molecule has 1 heterocycles. The highest BCUT2D eigenvalue weighted by Crippen LogP contribution is 2.23. The molecule has 1 aliphatic heterocycles. The Hall–Kier alpha value is -2.51. The molecule has 8 heteroatoms. The van der Waals surface area contributed by atoms with Gasteiger partial charge in [0.05, 0.1) is 6.04 Å². The molecule has 1 aromatic rings. The summed E-state index contributed by atoms with van der Waals surface area (Å²) in [5, 5.41) is 0. The zero-order valence-corrected chi connectivity index (χ0v) is 13.0. The topological polar surface area (TPSA) is 55.8 Å². The van der Waals surface area contributed by atoms with E-state index in [0.29, 0.717) is 5.56 Å². The first-order valence-corrected chi connectivity index (χ1v) is 7.21. The van der Waals surface area contributed by atoms with Gasteiger partial charge in [0.1, 0.15) is 12.4 Å². The Morgan fingerprint density at radius 2 is 1.96 bits per heavy atom. The van der Waals surface area contributed by atoms with Crippen LogP contribution in [0.5, 0.6) is 5.75 Å². The predicted octanol–water partition coefficient (Wildman–Crippen LogP) is 3.60. The summed E-state index contributed by atoms with van der Waals surface area (Å²) in [6.45, 7) is 3.89. The van der Waals surface area contributed by atoms with Crippen LogP contribution in [0, 0.1) is 5.92 Å². The van der Waals surface area contributed by atoms with Crippen LogP contribution >= 0.6 is 0 Å². The average molecular weight is 343 g/mol. The summed E-state index contributed by atoms with van der Waals surface area (Å²) < 4.78 is 44.9. The molecular weight excluding hydrogens is 327 g/mol. The van der Waals surface area contributed by atoms with E-state index < -0.39 is 18.4 Å². The molecule has 1 aromatic carbocycles. The molecule has 1 fully saturated rings. The van der Waals surface area contributed by atoms with Crippen molar-refractivity contribution in [2.45, 2.75) is 26.3 Å². The van der Waals surface area contributed by atoms with Crippen molar-refractivity contribution in [3.8, 4) is 5.75 Å². The van der Waals surface area contributed by atoms with Crippen LogP contribution in [0.2, 0.25) is 0 Å². The third kappa shape index (κ3) is 4.50. The quantitative estimate of drug-likeness (QED) is 0.784. The smallest absolute Gasteiger partial charge is 0.447 e. The number of hydrogen-bond donors (Lipinski definition) is 0. The summed E-state index contributed by atoms with van der Waals surface area (Å²) in [5.74, 6) is -0.839. The Labute approximate surface area is 136 Å². The van der Waals surface area contributed by atoms with Gasteiger partial charge in [0, 0.05) is 6.08 Å². The maximum Gasteiger partial charge on any atom is 0.573 e. The summed E-state index contributed by atoms with van der Waals surface area (Å²) in [6.07, 6.45) is -2.86. The van der Waals surface area contributed by atoms with Crippen LogP contribution in [0.1, 0.15) is 19.4 Å². The highest BCUT2D eigenvalue weighted by molar-refractivity contribution is 6.02. The lowest BCUT2D eigenvalue weighted by molar-refractivity contribution is -0.274. The Balaban J connectivity index is 2.04. The molecule has 0 saturated carbocycles. The molecule has 1 atom stereocenters. The van der Waals surface area contributed by atoms with Gasteiger partial charge < -0.3 is 9.47 Å². The summed E-state index contributed by atoms with van der Waals surface area (Å²) in [5.41, 5.74) is 0.492. The van der Waals surface area contributed by atoms with Gasteiger partial charge in [0.25, 0.3) is 5.91 Å². The van der Waals surface area contributed by atoms with E-state index in [1.54, 1.807) is 0 Å². The van der Waals surface area contributed by atoms with Crippen molar-refractivity contribution < 1.29 is 32.2 Å². The number of carbonyl (C=O) groups is 2. The monoisotopic (exact) mass is 343 g/mol. The highest BCUT2D eigenvalue weighted by atomic mass is 19.4. The van der Waals surface area contributed by atoms with Gasteiger partial charge in [-0.05, 0) is 29.7 Å². The molecule has 0 spiro atoms. The number of benzene rings is 1. The molecule has 2 rings (SSSR count). The minimum atomic E-state index is -4.75. The van der Waals surface area contributed by atoms with Gasteiger partial charge >= 0.3 is 12.5 Å². The van der Waals surface area contributed by atoms with Crippen LogP contribution in [0.3, 0.4) is 0 Å². The van der Waals surface area contributed by atoms with Crippen LogP contribution in [0.15, 0.2) is 30.3 Å². The van der Waals surface area contributed by atoms with Gasteiger partial charge in [-0.1, -0.05) is 26.0 Å². The lowest BCUT2D eigenvalue weighted by Gasteiger charge is -2.20. The van der Waals surface area contributed by atoms with Crippen LogP contribution in [-0.4, -0.2) is 35.9 Å². The summed E-state index contributed by atoms with van der Waals surface area (Å²) in [7, 11) is 0. The molecule has 1 aliphatic rings. The van der Waals surface area contributed by atoms with E-state index in [-0.39, 0.29) is 24.3 Å². The molecule has 1 saturated heterocycles. The van der Waals surface area contributed by atoms with Crippen LogP contribution in [0.4, 0.5) is 18.0 Å². The third-order valence-electron chi connectivity index (χ3n) is 3.44. The lowest BCUT2D eigenvalue weighted by Crippen LogP contribution is -2.40. The molecule has 0 N–H and O–H groups in total. The van der Waals surface area contributed by atoms with E-state index in [2.05, 4.69) is 4.74 Å². The second-order valence-electron chi connectivity index (χ2n) is 5.55. The average Bonchev–Trinajstić information content (AvgIpc) is 2.87. The largest absolute Gasteiger partial charge is 0.573 e. The van der Waals surface area contributed by atoms with Crippen molar-refractivity contribution in [1.82, 2.24) is 4.90 Å². The van der Waals surface area contributed by atoms with Gasteiger partial charge in [-0.3, -0.25) is 4.79 Å². The maximum absolute atomic E-state index is 12.2. The van der Waals surface area contributed by atoms with Crippen LogP contribution in [-0.2, 0) is 9.53 Å². The molecule has 2 amide bonds. The Kier molecular flexibility index (Phi) is 5.16. The van der Waals surface area contributed by atoms with Gasteiger partial charge in [-0.15, -0.1) is 13.2 Å². The SMILES string of the molecule is CC(C)C1COC(=O)N1C(=O)/C=C/c1ccc(OC(F)(F)F)cc1. The number of rotatable bonds is 4. The van der Waals surface area contributed by atoms with Crippen molar-refractivity contribution in [2.24, 2.45) is 5.92 Å². The molecule has 0 aromatic heterocycles. The van der Waals surface area contributed by atoms with Crippen LogP contribution in [0.25, 0.3) is 6.08 Å². The number of carbonyl (C=O) groups excluding carboxylic acids is 2. The van der Waals surface area contributed by atoms with Gasteiger partial charge in [-0.2, -0.15) is 0 Å². The van der Waals surface area contributed by atoms with Gasteiger partial charge in [-0.25, -0.2) is 9.69 Å². The maximum atomic E-state index is 12.2. The molecule has 0 aliphatic carbocycles. The number of imide groups is 1. The van der Waals surface area contributed by atoms with Gasteiger partial charge in [0.15, 0.2) is 0 Å². The number of alkyl halides is 3. The van der Waals surface area contributed by atoms with E-state index in [1.165, 1.54) is 24.3 Å². The molecule has 24 heavy (non-hydrogen) atoms. The molecule has 5 nitrogen and oxygen atoms in total. The lowest BCUT2D eigenvalue weighted by atomic mass is 10.0. The minimum absolute atomic E-state index is 0.0487. The fourth-order valence-corrected chi connectivity index (χ4v) is 2.21. The van der Waals surface area contributed by atoms with Crippen molar-refractivity contribution >= 4 is 18.1 Å². The fraction of sp³-hybridized carbons (Fsp3) is 0.375. The molecular formula is C16H16F3NO4. The van der Waals surface area contributed by atoms with Crippen LogP contribution < -0.4 is 4.74 Å². The van der Waals surface area contributed by atoms with E-state index >= 15 is 0 Å². The third-order valence-corrected chi connectivity index (χ3v) is 3.44. The zero-order valence-electron chi connectivity index (χ0n) is 13.0. The molecule has 0 radical (unpaired) electrons. The highest BCUT2D eigenvalue weighted by Gasteiger charge is 2.38. The Morgan fingerprint density at radius 1 is 1.33 bits per heavy atom. The van der Waals surface area contributed by atoms with E-state index in [4.69, 9.17) is 4.74 Å². The zero-order chi connectivity index (χ0) is 17.9. The number of nitrogens with zero attached hydrogens (tertiary/aromatic N) is 1. The van der Waals surface area contributed by atoms with Crippen molar-refractivity contribution in [1.29, 1.82) is 0 Å². The normalized spacial score (nSPS) is 18.3. The number of ether oxygens (including phenoxy) is 2. The number of hydrogen-bond acceptors (Lipinski definition) is 4. The summed E-state index contributed by atoms with van der Waals surface area (Å²) >= 11 is 0. The number of halogens is 3. The molecule has 1 unspecified atom stereocenters. The second-order valence-corrected chi connectivity index (χ2v) is 5.55. The van der Waals surface area contributed by atoms with E-state index in [0.717, 1.165) is 17.0 Å². The minimum Gasteiger partial charge on any atom is -0.447 e. The number of amides is 2. The first-order valence-electron chi connectivity index (χ1n) is 7.21. The summed E-state index contributed by atoms with van der Waals surface area (Å²) in [4.78, 5) is 24.9. The summed E-state index contributed by atoms with van der Waals surface area (Å²) in [6, 6.07) is 4.68. The second kappa shape index (κ2) is 6.94. The number of cyclic esters (lactones) is 1.